The molecule has 1 fully saturated rings. The van der Waals surface area contributed by atoms with E-state index in [-0.39, 0.29) is 6.04 Å². The van der Waals surface area contributed by atoms with Gasteiger partial charge in [-0.25, -0.2) is 0 Å². The average Bonchev–Trinajstić information content (AvgIpc) is 3.08. The van der Waals surface area contributed by atoms with Gasteiger partial charge < -0.3 is 10.3 Å². The molecule has 0 aliphatic heterocycles. The van der Waals surface area contributed by atoms with Crippen LogP contribution in [0.4, 0.5) is 0 Å². The molecule has 0 spiro atoms. The van der Waals surface area contributed by atoms with Crippen LogP contribution >= 0.6 is 0 Å². The minimum absolute atomic E-state index is 0.192. The van der Waals surface area contributed by atoms with Crippen molar-refractivity contribution in [3.05, 3.63) is 47.5 Å². The second kappa shape index (κ2) is 5.13. The number of rotatable bonds is 3. The van der Waals surface area contributed by atoms with E-state index in [0.717, 1.165) is 17.2 Å². The second-order valence-electron chi connectivity index (χ2n) is 5.30. The Bertz CT molecular complexity index is 541. The number of hydrogen-bond acceptors (Lipinski definition) is 3. The quantitative estimate of drug-likeness (QED) is 0.918. The van der Waals surface area contributed by atoms with Gasteiger partial charge in [0.1, 0.15) is 5.82 Å². The van der Waals surface area contributed by atoms with Gasteiger partial charge in [0, 0.05) is 6.04 Å². The van der Waals surface area contributed by atoms with E-state index in [1.807, 2.05) is 37.3 Å². The van der Waals surface area contributed by atoms with Crippen LogP contribution in [0.3, 0.4) is 0 Å². The fourth-order valence-corrected chi connectivity index (χ4v) is 3.02. The summed E-state index contributed by atoms with van der Waals surface area (Å²) in [6.45, 7) is 2.02. The largest absolute Gasteiger partial charge is 0.318 e. The summed E-state index contributed by atoms with van der Waals surface area (Å²) < 4.78 is 2.25. The van der Waals surface area contributed by atoms with Crippen molar-refractivity contribution in [2.24, 2.45) is 5.73 Å². The van der Waals surface area contributed by atoms with E-state index in [1.165, 1.54) is 25.7 Å². The fraction of sp³-hybridized carbons (Fsp3) is 0.467. The summed E-state index contributed by atoms with van der Waals surface area (Å²) in [7, 11) is 0. The van der Waals surface area contributed by atoms with Crippen LogP contribution in [0.5, 0.6) is 0 Å². The highest BCUT2D eigenvalue weighted by Gasteiger charge is 2.25. The summed E-state index contributed by atoms with van der Waals surface area (Å²) >= 11 is 0. The highest BCUT2D eigenvalue weighted by Crippen LogP contribution is 2.33. The predicted octanol–water partition coefficient (Wildman–Crippen LogP) is 2.75. The number of nitrogens with zero attached hydrogens (tertiary/aromatic N) is 3. The zero-order valence-electron chi connectivity index (χ0n) is 11.3. The molecular formula is C15H20N4. The first-order chi connectivity index (χ1) is 9.27. The second-order valence-corrected chi connectivity index (χ2v) is 5.30. The summed E-state index contributed by atoms with van der Waals surface area (Å²) in [5, 5.41) is 8.57. The lowest BCUT2D eigenvalue weighted by Gasteiger charge is -2.19. The van der Waals surface area contributed by atoms with Crippen LogP contribution in [0.2, 0.25) is 0 Å². The van der Waals surface area contributed by atoms with Crippen molar-refractivity contribution >= 4 is 0 Å². The van der Waals surface area contributed by atoms with Crippen LogP contribution in [0.1, 0.15) is 55.0 Å². The molecule has 1 aliphatic carbocycles. The Morgan fingerprint density at radius 2 is 1.84 bits per heavy atom. The molecule has 4 heteroatoms. The molecule has 4 nitrogen and oxygen atoms in total. The van der Waals surface area contributed by atoms with Crippen molar-refractivity contribution < 1.29 is 0 Å². The maximum Gasteiger partial charge on any atom is 0.154 e. The maximum absolute atomic E-state index is 6.37. The van der Waals surface area contributed by atoms with Gasteiger partial charge in [0.05, 0.1) is 6.04 Å². The standard InChI is InChI=1S/C15H20N4/c1-11-17-18-15(19(11)13-9-5-6-10-13)14(16)12-7-3-2-4-8-12/h2-4,7-8,13-14H,5-6,9-10,16H2,1H3. The minimum Gasteiger partial charge on any atom is -0.318 e. The Labute approximate surface area is 113 Å². The van der Waals surface area contributed by atoms with Gasteiger partial charge in [-0.15, -0.1) is 10.2 Å². The highest BCUT2D eigenvalue weighted by atomic mass is 15.3. The van der Waals surface area contributed by atoms with Gasteiger partial charge in [0.25, 0.3) is 0 Å². The fourth-order valence-electron chi connectivity index (χ4n) is 3.02. The molecule has 19 heavy (non-hydrogen) atoms. The molecule has 1 heterocycles. The molecule has 0 bridgehead atoms. The summed E-state index contributed by atoms with van der Waals surface area (Å²) in [6, 6.07) is 10.5. The summed E-state index contributed by atoms with van der Waals surface area (Å²) in [4.78, 5) is 0. The average molecular weight is 256 g/mol. The minimum atomic E-state index is -0.192. The SMILES string of the molecule is Cc1nnc(C(N)c2ccccc2)n1C1CCCC1. The third-order valence-electron chi connectivity index (χ3n) is 4.02. The first-order valence-corrected chi connectivity index (χ1v) is 6.99. The summed E-state index contributed by atoms with van der Waals surface area (Å²) in [5.74, 6) is 1.88. The molecule has 1 aromatic carbocycles. The summed E-state index contributed by atoms with van der Waals surface area (Å²) in [5.41, 5.74) is 7.47. The van der Waals surface area contributed by atoms with Gasteiger partial charge in [0.2, 0.25) is 0 Å². The molecule has 1 aromatic heterocycles. The van der Waals surface area contributed by atoms with E-state index in [2.05, 4.69) is 14.8 Å². The number of nitrogens with two attached hydrogens (primary N) is 1. The van der Waals surface area contributed by atoms with Crippen molar-refractivity contribution in [3.8, 4) is 0 Å². The smallest absolute Gasteiger partial charge is 0.154 e. The Hall–Kier alpha value is -1.68. The molecule has 0 saturated heterocycles. The zero-order chi connectivity index (χ0) is 13.2. The van der Waals surface area contributed by atoms with E-state index >= 15 is 0 Å². The van der Waals surface area contributed by atoms with Crippen LogP contribution in [-0.4, -0.2) is 14.8 Å². The van der Waals surface area contributed by atoms with Crippen molar-refractivity contribution in [1.29, 1.82) is 0 Å². The van der Waals surface area contributed by atoms with Gasteiger partial charge >= 0.3 is 0 Å². The molecule has 1 atom stereocenters. The molecule has 1 saturated carbocycles. The monoisotopic (exact) mass is 256 g/mol. The number of hydrogen-bond donors (Lipinski definition) is 1. The highest BCUT2D eigenvalue weighted by molar-refractivity contribution is 5.24. The van der Waals surface area contributed by atoms with E-state index in [9.17, 15) is 0 Å². The molecule has 3 rings (SSSR count). The van der Waals surface area contributed by atoms with Crippen molar-refractivity contribution in [2.45, 2.75) is 44.7 Å². The topological polar surface area (TPSA) is 56.7 Å². The van der Waals surface area contributed by atoms with Crippen LogP contribution in [0.25, 0.3) is 0 Å². The molecular weight excluding hydrogens is 236 g/mol. The third-order valence-corrected chi connectivity index (χ3v) is 4.02. The molecule has 1 unspecified atom stereocenters. The normalized spacial score (nSPS) is 17.8. The third kappa shape index (κ3) is 2.28. The Morgan fingerprint density at radius 3 is 2.53 bits per heavy atom. The molecule has 100 valence electrons. The van der Waals surface area contributed by atoms with E-state index in [0.29, 0.717) is 6.04 Å². The van der Waals surface area contributed by atoms with Crippen molar-refractivity contribution in [3.63, 3.8) is 0 Å². The van der Waals surface area contributed by atoms with Crippen molar-refractivity contribution in [1.82, 2.24) is 14.8 Å². The van der Waals surface area contributed by atoms with Gasteiger partial charge in [0.15, 0.2) is 5.82 Å². The van der Waals surface area contributed by atoms with Crippen LogP contribution < -0.4 is 5.73 Å². The van der Waals surface area contributed by atoms with Gasteiger partial charge in [-0.2, -0.15) is 0 Å². The first kappa shape index (κ1) is 12.4. The molecule has 0 amide bonds. The molecule has 2 aromatic rings. The predicted molar refractivity (Wildman–Crippen MR) is 74.7 cm³/mol. The van der Waals surface area contributed by atoms with Crippen LogP contribution in [-0.2, 0) is 0 Å². The maximum atomic E-state index is 6.37. The van der Waals surface area contributed by atoms with Gasteiger partial charge in [-0.05, 0) is 25.3 Å². The Morgan fingerprint density at radius 1 is 1.16 bits per heavy atom. The van der Waals surface area contributed by atoms with E-state index in [4.69, 9.17) is 5.73 Å². The van der Waals surface area contributed by atoms with Crippen molar-refractivity contribution in [2.75, 3.05) is 0 Å². The molecule has 2 N–H and O–H groups in total. The first-order valence-electron chi connectivity index (χ1n) is 6.99. The molecule has 0 radical (unpaired) electrons. The Kier molecular flexibility index (Phi) is 3.34. The Balaban J connectivity index is 1.96. The van der Waals surface area contributed by atoms with E-state index < -0.39 is 0 Å². The number of benzene rings is 1. The zero-order valence-corrected chi connectivity index (χ0v) is 11.3. The number of aryl methyl sites for hydroxylation is 1. The van der Waals surface area contributed by atoms with Gasteiger partial charge in [-0.1, -0.05) is 43.2 Å². The van der Waals surface area contributed by atoms with Crippen LogP contribution in [0, 0.1) is 6.92 Å². The lowest BCUT2D eigenvalue weighted by Crippen LogP contribution is -2.20. The van der Waals surface area contributed by atoms with Crippen LogP contribution in [0.15, 0.2) is 30.3 Å². The summed E-state index contributed by atoms with van der Waals surface area (Å²) in [6.07, 6.45) is 5.02. The lowest BCUT2D eigenvalue weighted by atomic mass is 10.1. The van der Waals surface area contributed by atoms with Gasteiger partial charge in [-0.3, -0.25) is 0 Å². The lowest BCUT2D eigenvalue weighted by molar-refractivity contribution is 0.478. The molecule has 1 aliphatic rings. The van der Waals surface area contributed by atoms with E-state index in [1.54, 1.807) is 0 Å². The number of aromatic nitrogens is 3.